The van der Waals surface area contributed by atoms with Crippen molar-refractivity contribution in [1.29, 1.82) is 0 Å². The van der Waals surface area contributed by atoms with Crippen molar-refractivity contribution in [1.82, 2.24) is 20.2 Å². The average molecular weight is 388 g/mol. The number of benzene rings is 2. The Labute approximate surface area is 167 Å². The van der Waals surface area contributed by atoms with E-state index in [0.29, 0.717) is 24.4 Å². The minimum absolute atomic E-state index is 0.0802. The fraction of sp³-hybridized carbons (Fsp3) is 0.286. The molecule has 5 rings (SSSR count). The highest BCUT2D eigenvalue weighted by molar-refractivity contribution is 6.14. The van der Waals surface area contributed by atoms with Gasteiger partial charge in [0, 0.05) is 5.56 Å². The van der Waals surface area contributed by atoms with E-state index in [1.807, 2.05) is 54.6 Å². The lowest BCUT2D eigenvalue weighted by Gasteiger charge is -2.44. The first-order valence-electron chi connectivity index (χ1n) is 9.74. The maximum absolute atomic E-state index is 13.4. The van der Waals surface area contributed by atoms with Crippen LogP contribution in [0.3, 0.4) is 0 Å². The quantitative estimate of drug-likeness (QED) is 0.745. The molecule has 1 N–H and O–H groups in total. The molecule has 1 saturated carbocycles. The third kappa shape index (κ3) is 2.88. The van der Waals surface area contributed by atoms with Crippen LogP contribution in [0.1, 0.15) is 25.7 Å². The van der Waals surface area contributed by atoms with Gasteiger partial charge in [-0.15, -0.1) is 10.2 Å². The van der Waals surface area contributed by atoms with E-state index in [-0.39, 0.29) is 18.4 Å². The largest absolute Gasteiger partial charge is 0.322 e. The molecule has 1 aromatic heterocycles. The van der Waals surface area contributed by atoms with Crippen molar-refractivity contribution in [2.45, 2.75) is 37.8 Å². The number of hydrogen-bond acceptors (Lipinski definition) is 5. The Morgan fingerprint density at radius 1 is 1.03 bits per heavy atom. The van der Waals surface area contributed by atoms with E-state index >= 15 is 0 Å². The molecule has 1 aliphatic carbocycles. The zero-order valence-electron chi connectivity index (χ0n) is 15.8. The molecule has 0 bridgehead atoms. The molecule has 0 atom stereocenters. The minimum atomic E-state index is -0.839. The van der Waals surface area contributed by atoms with Crippen LogP contribution in [0.5, 0.6) is 0 Å². The summed E-state index contributed by atoms with van der Waals surface area (Å²) in [4.78, 5) is 29.3. The van der Waals surface area contributed by atoms with E-state index < -0.39 is 5.54 Å². The molecule has 2 aliphatic rings. The number of fused-ring (bicyclic) bond motifs is 1. The smallest absolute Gasteiger partial charge is 0.251 e. The van der Waals surface area contributed by atoms with Crippen LogP contribution in [0, 0.1) is 0 Å². The summed E-state index contributed by atoms with van der Waals surface area (Å²) in [7, 11) is 0. The first-order valence-corrected chi connectivity index (χ1v) is 9.74. The van der Waals surface area contributed by atoms with Gasteiger partial charge in [0.1, 0.15) is 12.1 Å². The molecule has 8 nitrogen and oxygen atoms in total. The normalized spacial score (nSPS) is 17.2. The SMILES string of the molecule is O=C(Cn1nnc(-c2ccccc2)n1)N1c2ccccc2NC(=O)C12CCCC2. The predicted octanol–water partition coefficient (Wildman–Crippen LogP) is 2.64. The minimum Gasteiger partial charge on any atom is -0.322 e. The highest BCUT2D eigenvalue weighted by Crippen LogP contribution is 2.45. The van der Waals surface area contributed by atoms with Gasteiger partial charge < -0.3 is 5.32 Å². The van der Waals surface area contributed by atoms with Gasteiger partial charge in [-0.25, -0.2) is 0 Å². The molecule has 2 heterocycles. The summed E-state index contributed by atoms with van der Waals surface area (Å²) in [6.45, 7) is -0.0802. The summed E-state index contributed by atoms with van der Waals surface area (Å²) in [6.07, 6.45) is 3.14. The van der Waals surface area contributed by atoms with Gasteiger partial charge in [-0.05, 0) is 30.2 Å². The maximum Gasteiger partial charge on any atom is 0.251 e. The van der Waals surface area contributed by atoms with E-state index in [2.05, 4.69) is 20.7 Å². The average Bonchev–Trinajstić information content (AvgIpc) is 3.40. The molecule has 29 heavy (non-hydrogen) atoms. The fourth-order valence-electron chi connectivity index (χ4n) is 4.33. The Morgan fingerprint density at radius 2 is 1.76 bits per heavy atom. The Hall–Kier alpha value is -3.55. The predicted molar refractivity (Wildman–Crippen MR) is 107 cm³/mol. The van der Waals surface area contributed by atoms with Gasteiger partial charge in [-0.3, -0.25) is 14.5 Å². The van der Waals surface area contributed by atoms with Crippen molar-refractivity contribution in [3.8, 4) is 11.4 Å². The molecule has 1 spiro atoms. The molecule has 0 unspecified atom stereocenters. The van der Waals surface area contributed by atoms with Gasteiger partial charge >= 0.3 is 0 Å². The number of nitrogens with zero attached hydrogens (tertiary/aromatic N) is 5. The Balaban J connectivity index is 1.48. The first-order chi connectivity index (χ1) is 14.2. The molecule has 2 amide bonds. The highest BCUT2D eigenvalue weighted by atomic mass is 16.2. The standard InChI is InChI=1S/C21H20N6O2/c28-18(14-26-24-19(23-25-26)15-8-2-1-3-9-15)27-17-11-5-4-10-16(17)22-20(29)21(27)12-6-7-13-21/h1-5,8-11H,6-7,12-14H2,(H,22,29). The molecule has 0 saturated heterocycles. The Kier molecular flexibility index (Phi) is 4.12. The molecule has 1 aliphatic heterocycles. The van der Waals surface area contributed by atoms with Gasteiger partial charge in [-0.1, -0.05) is 55.3 Å². The summed E-state index contributed by atoms with van der Waals surface area (Å²) in [5.41, 5.74) is 1.37. The van der Waals surface area contributed by atoms with Crippen molar-refractivity contribution in [2.75, 3.05) is 10.2 Å². The van der Waals surface area contributed by atoms with Crippen LogP contribution in [-0.2, 0) is 16.1 Å². The molecule has 146 valence electrons. The van der Waals surface area contributed by atoms with Crippen molar-refractivity contribution in [2.24, 2.45) is 0 Å². The number of nitrogens with one attached hydrogen (secondary N) is 1. The molecular formula is C21H20N6O2. The summed E-state index contributed by atoms with van der Waals surface area (Å²) in [5, 5.41) is 15.4. The lowest BCUT2D eigenvalue weighted by molar-refractivity contribution is -0.128. The number of tetrazole rings is 1. The third-order valence-electron chi connectivity index (χ3n) is 5.69. The number of para-hydroxylation sites is 2. The maximum atomic E-state index is 13.4. The van der Waals surface area contributed by atoms with Crippen molar-refractivity contribution in [3.05, 3.63) is 54.6 Å². The summed E-state index contributed by atoms with van der Waals surface area (Å²) >= 11 is 0. The van der Waals surface area contributed by atoms with Crippen LogP contribution < -0.4 is 10.2 Å². The second kappa shape index (κ2) is 6.80. The van der Waals surface area contributed by atoms with Gasteiger partial charge in [-0.2, -0.15) is 4.80 Å². The second-order valence-electron chi connectivity index (χ2n) is 7.45. The van der Waals surface area contributed by atoms with Crippen LogP contribution in [-0.4, -0.2) is 37.6 Å². The van der Waals surface area contributed by atoms with Crippen LogP contribution >= 0.6 is 0 Å². The number of rotatable bonds is 3. The molecule has 2 aromatic carbocycles. The van der Waals surface area contributed by atoms with Crippen molar-refractivity contribution >= 4 is 23.2 Å². The van der Waals surface area contributed by atoms with Crippen molar-refractivity contribution < 1.29 is 9.59 Å². The first kappa shape index (κ1) is 17.5. The van der Waals surface area contributed by atoms with E-state index in [1.54, 1.807) is 4.90 Å². The molecule has 1 fully saturated rings. The summed E-state index contributed by atoms with van der Waals surface area (Å²) < 4.78 is 0. The number of amides is 2. The van der Waals surface area contributed by atoms with E-state index in [1.165, 1.54) is 4.80 Å². The summed E-state index contributed by atoms with van der Waals surface area (Å²) in [5.74, 6) is 0.135. The number of anilines is 2. The van der Waals surface area contributed by atoms with Crippen LogP contribution in [0.15, 0.2) is 54.6 Å². The van der Waals surface area contributed by atoms with E-state index in [4.69, 9.17) is 0 Å². The lowest BCUT2D eigenvalue weighted by Crippen LogP contribution is -2.61. The monoisotopic (exact) mass is 388 g/mol. The third-order valence-corrected chi connectivity index (χ3v) is 5.69. The Morgan fingerprint density at radius 3 is 2.55 bits per heavy atom. The van der Waals surface area contributed by atoms with Crippen LogP contribution in [0.2, 0.25) is 0 Å². The van der Waals surface area contributed by atoms with Gasteiger partial charge in [0.25, 0.3) is 11.8 Å². The number of carbonyl (C=O) groups excluding carboxylic acids is 2. The number of aromatic nitrogens is 4. The van der Waals surface area contributed by atoms with E-state index in [0.717, 1.165) is 24.1 Å². The van der Waals surface area contributed by atoms with Gasteiger partial charge in [0.2, 0.25) is 5.82 Å². The number of hydrogen-bond donors (Lipinski definition) is 1. The molecule has 3 aromatic rings. The lowest BCUT2D eigenvalue weighted by atomic mass is 9.89. The highest BCUT2D eigenvalue weighted by Gasteiger charge is 2.52. The van der Waals surface area contributed by atoms with Crippen molar-refractivity contribution in [3.63, 3.8) is 0 Å². The zero-order chi connectivity index (χ0) is 19.8. The molecular weight excluding hydrogens is 368 g/mol. The summed E-state index contributed by atoms with van der Waals surface area (Å²) in [6, 6.07) is 16.9. The molecule has 8 heteroatoms. The van der Waals surface area contributed by atoms with Crippen LogP contribution in [0.4, 0.5) is 11.4 Å². The van der Waals surface area contributed by atoms with Crippen LogP contribution in [0.25, 0.3) is 11.4 Å². The zero-order valence-corrected chi connectivity index (χ0v) is 15.8. The topological polar surface area (TPSA) is 93.0 Å². The second-order valence-corrected chi connectivity index (χ2v) is 7.45. The van der Waals surface area contributed by atoms with Gasteiger partial charge in [0.15, 0.2) is 0 Å². The van der Waals surface area contributed by atoms with Gasteiger partial charge in [0.05, 0.1) is 11.4 Å². The Bertz CT molecular complexity index is 1070. The molecule has 0 radical (unpaired) electrons. The number of carbonyl (C=O) groups is 2. The van der Waals surface area contributed by atoms with E-state index in [9.17, 15) is 9.59 Å². The fourth-order valence-corrected chi connectivity index (χ4v) is 4.33.